The molecular formula is C27H30F3N9O2S2. The molecule has 2 aliphatic carbocycles. The summed E-state index contributed by atoms with van der Waals surface area (Å²) in [5.41, 5.74) is 1.46. The highest BCUT2D eigenvalue weighted by Gasteiger charge is 2.37. The molecular weight excluding hydrogens is 603 g/mol. The number of thiazole rings is 1. The van der Waals surface area contributed by atoms with E-state index in [9.17, 15) is 21.6 Å². The summed E-state index contributed by atoms with van der Waals surface area (Å²) < 4.78 is 65.1. The van der Waals surface area contributed by atoms with Gasteiger partial charge < -0.3 is 16.0 Å². The van der Waals surface area contributed by atoms with Gasteiger partial charge in [0.1, 0.15) is 29.0 Å². The minimum absolute atomic E-state index is 0.126. The Morgan fingerprint density at radius 3 is 2.53 bits per heavy atom. The quantitative estimate of drug-likeness (QED) is 0.192. The van der Waals surface area contributed by atoms with Crippen LogP contribution in [0.3, 0.4) is 0 Å². The molecule has 0 spiro atoms. The molecule has 0 saturated heterocycles. The van der Waals surface area contributed by atoms with Crippen LogP contribution in [0.5, 0.6) is 0 Å². The average Bonchev–Trinajstić information content (AvgIpc) is 3.54. The summed E-state index contributed by atoms with van der Waals surface area (Å²) >= 11 is 1.13. The van der Waals surface area contributed by atoms with Crippen LogP contribution in [0.4, 0.5) is 30.5 Å². The van der Waals surface area contributed by atoms with E-state index in [0.29, 0.717) is 52.8 Å². The lowest BCUT2D eigenvalue weighted by Gasteiger charge is -2.30. The second kappa shape index (κ2) is 12.5. The fourth-order valence-electron chi connectivity index (χ4n) is 5.02. The molecule has 4 aromatic heterocycles. The van der Waals surface area contributed by atoms with Gasteiger partial charge in [-0.1, -0.05) is 0 Å². The topological polar surface area (TPSA) is 140 Å². The van der Waals surface area contributed by atoms with Gasteiger partial charge >= 0.3 is 0 Å². The third kappa shape index (κ3) is 6.80. The maximum atomic E-state index is 13.3. The van der Waals surface area contributed by atoms with Crippen molar-refractivity contribution in [3.63, 3.8) is 0 Å². The van der Waals surface area contributed by atoms with Gasteiger partial charge in [-0.25, -0.2) is 41.5 Å². The van der Waals surface area contributed by atoms with Gasteiger partial charge in [0, 0.05) is 48.2 Å². The molecule has 0 atom stereocenters. The second-order valence-corrected chi connectivity index (χ2v) is 13.5. The number of anilines is 3. The number of halogens is 3. The monoisotopic (exact) mass is 633 g/mol. The number of nitrogens with zero attached hydrogens (tertiary/aromatic N) is 6. The SMILES string of the molecule is O=S(=O)(C1CC1)n1cc(-c2nccc(Nc3cc(NC4CCC(NCCF)CC4)c(-c4nc(C(F)F)cs4)cn3)n2)cn1. The predicted molar refractivity (Wildman–Crippen MR) is 158 cm³/mol. The Bertz CT molecular complexity index is 1670. The van der Waals surface area contributed by atoms with Crippen molar-refractivity contribution in [2.24, 2.45) is 0 Å². The number of hydrogen-bond donors (Lipinski definition) is 3. The molecule has 4 aromatic rings. The first kappa shape index (κ1) is 29.4. The van der Waals surface area contributed by atoms with Gasteiger partial charge in [-0.15, -0.1) is 11.3 Å². The Labute approximate surface area is 250 Å². The zero-order valence-electron chi connectivity index (χ0n) is 23.0. The molecule has 43 heavy (non-hydrogen) atoms. The van der Waals surface area contributed by atoms with Gasteiger partial charge in [0.15, 0.2) is 5.82 Å². The van der Waals surface area contributed by atoms with E-state index in [0.717, 1.165) is 41.1 Å². The largest absolute Gasteiger partial charge is 0.382 e. The van der Waals surface area contributed by atoms with Gasteiger partial charge in [-0.3, -0.25) is 0 Å². The van der Waals surface area contributed by atoms with Gasteiger partial charge in [-0.05, 0) is 44.6 Å². The summed E-state index contributed by atoms with van der Waals surface area (Å²) in [6.07, 6.45) is 8.02. The van der Waals surface area contributed by atoms with E-state index in [4.69, 9.17) is 0 Å². The summed E-state index contributed by atoms with van der Waals surface area (Å²) in [5, 5.41) is 15.3. The van der Waals surface area contributed by atoms with E-state index in [1.54, 1.807) is 24.5 Å². The maximum Gasteiger partial charge on any atom is 0.281 e. The molecule has 16 heteroatoms. The normalized spacial score (nSPS) is 19.1. The summed E-state index contributed by atoms with van der Waals surface area (Å²) in [7, 11) is -3.51. The van der Waals surface area contributed by atoms with Gasteiger partial charge in [0.05, 0.1) is 28.8 Å². The lowest BCUT2D eigenvalue weighted by Crippen LogP contribution is -2.37. The molecule has 3 N–H and O–H groups in total. The number of alkyl halides is 3. The Morgan fingerprint density at radius 1 is 1.02 bits per heavy atom. The molecule has 0 aliphatic heterocycles. The molecule has 0 unspecified atom stereocenters. The lowest BCUT2D eigenvalue weighted by molar-refractivity contribution is 0.147. The molecule has 0 amide bonds. The first-order valence-corrected chi connectivity index (χ1v) is 16.4. The molecule has 11 nitrogen and oxygen atoms in total. The zero-order chi connectivity index (χ0) is 30.0. The Morgan fingerprint density at radius 2 is 1.81 bits per heavy atom. The third-order valence-electron chi connectivity index (χ3n) is 7.43. The van der Waals surface area contributed by atoms with Crippen LogP contribution >= 0.6 is 11.3 Å². The van der Waals surface area contributed by atoms with Crippen molar-refractivity contribution in [3.05, 3.63) is 48.0 Å². The van der Waals surface area contributed by atoms with Crippen molar-refractivity contribution >= 4 is 38.7 Å². The predicted octanol–water partition coefficient (Wildman–Crippen LogP) is 5.16. The molecule has 2 saturated carbocycles. The Hall–Kier alpha value is -3.63. The summed E-state index contributed by atoms with van der Waals surface area (Å²) in [5.74, 6) is 1.16. The van der Waals surface area contributed by atoms with Crippen LogP contribution in [0.2, 0.25) is 0 Å². The van der Waals surface area contributed by atoms with Crippen LogP contribution in [0.25, 0.3) is 22.0 Å². The standard InChI is InChI=1S/C27H30F3N9O2S2/c28-8-10-31-17-1-3-18(4-2-17)35-21-11-24(33-13-20(21)27-36-22(15-42-27)25(29)30)37-23-7-9-32-26(38-23)16-12-34-39(14-16)43(40,41)19-5-6-19/h7,9,11-15,17-19,25,31H,1-6,8,10H2,(H2,32,33,35,37,38). The Balaban J connectivity index is 1.22. The zero-order valence-corrected chi connectivity index (χ0v) is 24.6. The highest BCUT2D eigenvalue weighted by molar-refractivity contribution is 7.90. The van der Waals surface area contributed by atoms with Crippen molar-refractivity contribution < 1.29 is 21.6 Å². The van der Waals surface area contributed by atoms with Crippen molar-refractivity contribution in [1.82, 2.24) is 34.4 Å². The number of nitrogens with one attached hydrogen (secondary N) is 3. The Kier molecular flexibility index (Phi) is 8.59. The second-order valence-electron chi connectivity index (χ2n) is 10.6. The van der Waals surface area contributed by atoms with Crippen molar-refractivity contribution in [2.45, 2.75) is 62.3 Å². The average molecular weight is 634 g/mol. The molecule has 228 valence electrons. The number of hydrogen-bond acceptors (Lipinski definition) is 11. The van der Waals surface area contributed by atoms with Crippen LogP contribution in [-0.4, -0.2) is 68.1 Å². The summed E-state index contributed by atoms with van der Waals surface area (Å²) in [4.78, 5) is 17.4. The number of pyridine rings is 1. The van der Waals surface area contributed by atoms with Gasteiger partial charge in [0.25, 0.3) is 16.4 Å². The first-order chi connectivity index (χ1) is 20.8. The van der Waals surface area contributed by atoms with Crippen LogP contribution in [0.15, 0.2) is 42.3 Å². The van der Waals surface area contributed by atoms with E-state index < -0.39 is 28.4 Å². The van der Waals surface area contributed by atoms with E-state index in [2.05, 4.69) is 41.0 Å². The molecule has 2 fully saturated rings. The fourth-order valence-corrected chi connectivity index (χ4v) is 7.33. The molecule has 0 bridgehead atoms. The lowest BCUT2D eigenvalue weighted by atomic mass is 9.91. The van der Waals surface area contributed by atoms with Crippen LogP contribution in [-0.2, 0) is 10.0 Å². The molecule has 6 rings (SSSR count). The van der Waals surface area contributed by atoms with Crippen LogP contribution in [0, 0.1) is 0 Å². The van der Waals surface area contributed by atoms with E-state index in [1.807, 2.05) is 0 Å². The van der Waals surface area contributed by atoms with Crippen molar-refractivity contribution in [3.8, 4) is 22.0 Å². The number of rotatable bonds is 12. The fraction of sp³-hybridized carbons (Fsp3) is 0.444. The molecule has 4 heterocycles. The van der Waals surface area contributed by atoms with Crippen LogP contribution < -0.4 is 16.0 Å². The van der Waals surface area contributed by atoms with E-state index in [1.165, 1.54) is 17.8 Å². The number of aromatic nitrogens is 6. The molecule has 2 aliphatic rings. The van der Waals surface area contributed by atoms with E-state index in [-0.39, 0.29) is 23.6 Å². The minimum Gasteiger partial charge on any atom is -0.382 e. The highest BCUT2D eigenvalue weighted by Crippen LogP contribution is 2.36. The maximum absolute atomic E-state index is 13.3. The van der Waals surface area contributed by atoms with Crippen LogP contribution in [0.1, 0.15) is 50.6 Å². The summed E-state index contributed by atoms with van der Waals surface area (Å²) in [6, 6.07) is 3.83. The molecule has 0 radical (unpaired) electrons. The van der Waals surface area contributed by atoms with Crippen molar-refractivity contribution in [2.75, 3.05) is 23.9 Å². The van der Waals surface area contributed by atoms with Crippen molar-refractivity contribution in [1.29, 1.82) is 0 Å². The summed E-state index contributed by atoms with van der Waals surface area (Å²) in [6.45, 7) is -0.0575. The smallest absolute Gasteiger partial charge is 0.281 e. The minimum atomic E-state index is -3.51. The third-order valence-corrected chi connectivity index (χ3v) is 10.4. The highest BCUT2D eigenvalue weighted by atomic mass is 32.2. The van der Waals surface area contributed by atoms with E-state index >= 15 is 0 Å². The van der Waals surface area contributed by atoms with Gasteiger partial charge in [0.2, 0.25) is 0 Å². The van der Waals surface area contributed by atoms with Gasteiger partial charge in [-0.2, -0.15) is 9.19 Å². The molecule has 0 aromatic carbocycles. The first-order valence-electron chi connectivity index (χ1n) is 14.0.